The first kappa shape index (κ1) is 42.5. The number of carbonyl (C=O) groups is 2. The average Bonchev–Trinajstić information content (AvgIpc) is 3.84. The fraction of sp³-hybridized carbons (Fsp3) is 0.125. The number of hydrogen-bond donors (Lipinski definition) is 0. The molecule has 0 radical (unpaired) electrons. The maximum absolute atomic E-state index is 14.6. The smallest absolute Gasteiger partial charge is 0.193 e. The molecule has 0 N–H and O–H groups in total. The number of rotatable bonds is 8. The summed E-state index contributed by atoms with van der Waals surface area (Å²) in [4.78, 5) is 29.1. The molecule has 11 rings (SSSR count). The second kappa shape index (κ2) is 16.4. The largest absolute Gasteiger partial charge is 0.309 e. The molecule has 0 aliphatic heterocycles. The predicted octanol–water partition coefficient (Wildman–Crippen LogP) is 16.1. The molecule has 2 aromatic heterocycles. The first-order valence-corrected chi connectivity index (χ1v) is 23.5. The van der Waals surface area contributed by atoms with Crippen LogP contribution in [-0.4, -0.2) is 20.7 Å². The Kier molecular flexibility index (Phi) is 10.2. The lowest BCUT2D eigenvalue weighted by Crippen LogP contribution is -2.08. The summed E-state index contributed by atoms with van der Waals surface area (Å²) in [6.07, 6.45) is 0. The van der Waals surface area contributed by atoms with E-state index in [0.717, 1.165) is 99.5 Å². The molecule has 0 aliphatic rings. The van der Waals surface area contributed by atoms with Crippen molar-refractivity contribution in [3.63, 3.8) is 0 Å². The molecule has 0 atom stereocenters. The van der Waals surface area contributed by atoms with E-state index in [1.54, 1.807) is 0 Å². The molecule has 0 spiro atoms. The molecular formula is C64H52N2O2. The molecule has 0 aliphatic carbocycles. The second-order valence-corrected chi connectivity index (χ2v) is 18.8. The predicted molar refractivity (Wildman–Crippen MR) is 284 cm³/mol. The highest BCUT2D eigenvalue weighted by Crippen LogP contribution is 2.43. The van der Waals surface area contributed by atoms with Gasteiger partial charge in [-0.25, -0.2) is 0 Å². The average molecular weight is 881 g/mol. The van der Waals surface area contributed by atoms with E-state index in [-0.39, 0.29) is 11.6 Å². The van der Waals surface area contributed by atoms with Gasteiger partial charge in [0.15, 0.2) is 11.6 Å². The molecular weight excluding hydrogens is 829 g/mol. The van der Waals surface area contributed by atoms with Crippen LogP contribution >= 0.6 is 0 Å². The standard InChI is InChI=1S/C64H52N2O2/c1-37-17-13-18-38(2)57(37)45-21-15-23-47(35-45)63(67)59-41(5)31-49(32-42(59)6)65-55-28-12-10-26-53(55)61-56(65)30-29-52-51-25-9-11-27-54(51)66(62(52)61)50-33-43(7)60(44(8)34-50)64(68)48-24-16-22-46(36-48)58-39(3)19-14-20-40(58)4/h9-36H,1-8H3. The summed E-state index contributed by atoms with van der Waals surface area (Å²) >= 11 is 0. The lowest BCUT2D eigenvalue weighted by Gasteiger charge is -2.16. The number of benzene rings is 9. The molecule has 0 unspecified atom stereocenters. The number of aromatic nitrogens is 2. The van der Waals surface area contributed by atoms with E-state index in [0.29, 0.717) is 11.1 Å². The van der Waals surface area contributed by atoms with Gasteiger partial charge in [-0.05, 0) is 177 Å². The van der Waals surface area contributed by atoms with Gasteiger partial charge in [0.2, 0.25) is 0 Å². The molecule has 4 nitrogen and oxygen atoms in total. The van der Waals surface area contributed by atoms with Crippen molar-refractivity contribution in [3.8, 4) is 33.6 Å². The number of ketones is 2. The van der Waals surface area contributed by atoms with Gasteiger partial charge < -0.3 is 9.13 Å². The van der Waals surface area contributed by atoms with Crippen molar-refractivity contribution in [2.24, 2.45) is 0 Å². The van der Waals surface area contributed by atoms with Gasteiger partial charge in [0.25, 0.3) is 0 Å². The Hall–Kier alpha value is -8.08. The molecule has 0 saturated heterocycles. The van der Waals surface area contributed by atoms with Crippen LogP contribution in [0.4, 0.5) is 0 Å². The van der Waals surface area contributed by atoms with E-state index in [2.05, 4.69) is 198 Å². The van der Waals surface area contributed by atoms with Crippen LogP contribution in [0, 0.1) is 55.4 Å². The number of hydrogen-bond acceptors (Lipinski definition) is 2. The summed E-state index contributed by atoms with van der Waals surface area (Å²) in [5, 5.41) is 4.61. The number of nitrogens with zero attached hydrogens (tertiary/aromatic N) is 2. The molecule has 2 heterocycles. The van der Waals surface area contributed by atoms with Crippen LogP contribution in [0.5, 0.6) is 0 Å². The number of aryl methyl sites for hydroxylation is 8. The van der Waals surface area contributed by atoms with Crippen molar-refractivity contribution < 1.29 is 9.59 Å². The molecule has 4 heteroatoms. The summed E-state index contributed by atoms with van der Waals surface area (Å²) in [6, 6.07) is 59.3. The van der Waals surface area contributed by atoms with Gasteiger partial charge in [-0.15, -0.1) is 0 Å². The molecule has 330 valence electrons. The minimum absolute atomic E-state index is 0.0245. The highest BCUT2D eigenvalue weighted by atomic mass is 16.1. The minimum atomic E-state index is 0.0245. The number of para-hydroxylation sites is 2. The van der Waals surface area contributed by atoms with Crippen molar-refractivity contribution >= 4 is 55.2 Å². The van der Waals surface area contributed by atoms with E-state index >= 15 is 0 Å². The topological polar surface area (TPSA) is 44.0 Å². The van der Waals surface area contributed by atoms with Crippen LogP contribution in [0.25, 0.3) is 77.2 Å². The van der Waals surface area contributed by atoms with Gasteiger partial charge in [-0.3, -0.25) is 9.59 Å². The highest BCUT2D eigenvalue weighted by Gasteiger charge is 2.25. The van der Waals surface area contributed by atoms with E-state index < -0.39 is 0 Å². The van der Waals surface area contributed by atoms with Gasteiger partial charge in [0, 0.05) is 55.2 Å². The SMILES string of the molecule is Cc1cc(-n2c3ccccc3c3c2ccc2c4ccccc4n(-c4cc(C)c(C(=O)c5cccc(-c6c(C)cccc6C)c5)c(C)c4)c23)cc(C)c1C(=O)c1cccc(-c2c(C)cccc2C)c1. The van der Waals surface area contributed by atoms with Crippen LogP contribution in [0.1, 0.15) is 76.4 Å². The van der Waals surface area contributed by atoms with Gasteiger partial charge >= 0.3 is 0 Å². The first-order valence-electron chi connectivity index (χ1n) is 23.5. The summed E-state index contributed by atoms with van der Waals surface area (Å²) in [6.45, 7) is 16.8. The summed E-state index contributed by atoms with van der Waals surface area (Å²) < 4.78 is 4.75. The Bertz CT molecular complexity index is 3840. The fourth-order valence-electron chi connectivity index (χ4n) is 11.4. The van der Waals surface area contributed by atoms with Gasteiger partial charge in [-0.1, -0.05) is 115 Å². The lowest BCUT2D eigenvalue weighted by atomic mass is 9.90. The molecule has 0 amide bonds. The maximum atomic E-state index is 14.6. The van der Waals surface area contributed by atoms with E-state index in [1.165, 1.54) is 33.4 Å². The zero-order valence-corrected chi connectivity index (χ0v) is 39.9. The first-order chi connectivity index (χ1) is 32.9. The van der Waals surface area contributed by atoms with Crippen LogP contribution in [-0.2, 0) is 0 Å². The van der Waals surface area contributed by atoms with Crippen molar-refractivity contribution in [2.75, 3.05) is 0 Å². The monoisotopic (exact) mass is 880 g/mol. The second-order valence-electron chi connectivity index (χ2n) is 18.8. The minimum Gasteiger partial charge on any atom is -0.309 e. The Labute approximate surface area is 397 Å². The third kappa shape index (κ3) is 6.74. The van der Waals surface area contributed by atoms with Crippen LogP contribution in [0.3, 0.4) is 0 Å². The Balaban J connectivity index is 1.05. The van der Waals surface area contributed by atoms with Crippen molar-refractivity contribution in [1.29, 1.82) is 0 Å². The maximum Gasteiger partial charge on any atom is 0.193 e. The third-order valence-corrected chi connectivity index (χ3v) is 14.3. The zero-order valence-electron chi connectivity index (χ0n) is 39.9. The lowest BCUT2D eigenvalue weighted by molar-refractivity contribution is 0.103. The molecule has 0 saturated carbocycles. The summed E-state index contributed by atoms with van der Waals surface area (Å²) in [5.41, 5.74) is 22.2. The molecule has 68 heavy (non-hydrogen) atoms. The van der Waals surface area contributed by atoms with E-state index in [4.69, 9.17) is 0 Å². The normalized spacial score (nSPS) is 11.6. The van der Waals surface area contributed by atoms with Crippen LogP contribution in [0.2, 0.25) is 0 Å². The van der Waals surface area contributed by atoms with E-state index in [9.17, 15) is 9.59 Å². The quantitative estimate of drug-likeness (QED) is 0.143. The van der Waals surface area contributed by atoms with Gasteiger partial charge in [-0.2, -0.15) is 0 Å². The Morgan fingerprint density at radius 1 is 0.338 bits per heavy atom. The molecule has 9 aromatic carbocycles. The molecule has 11 aromatic rings. The number of fused-ring (bicyclic) bond motifs is 7. The van der Waals surface area contributed by atoms with Crippen LogP contribution < -0.4 is 0 Å². The van der Waals surface area contributed by atoms with Gasteiger partial charge in [0.1, 0.15) is 0 Å². The third-order valence-electron chi connectivity index (χ3n) is 14.3. The van der Waals surface area contributed by atoms with Gasteiger partial charge in [0.05, 0.1) is 22.1 Å². The van der Waals surface area contributed by atoms with Crippen LogP contribution in [0.15, 0.2) is 170 Å². The molecule has 0 fully saturated rings. The number of carbonyl (C=O) groups excluding carboxylic acids is 2. The summed E-state index contributed by atoms with van der Waals surface area (Å²) in [5.74, 6) is 0.0498. The van der Waals surface area contributed by atoms with E-state index in [1.807, 2.05) is 36.4 Å². The highest BCUT2D eigenvalue weighted by molar-refractivity contribution is 6.26. The Morgan fingerprint density at radius 3 is 1.24 bits per heavy atom. The van der Waals surface area contributed by atoms with Crippen molar-refractivity contribution in [1.82, 2.24) is 9.13 Å². The Morgan fingerprint density at radius 2 is 0.750 bits per heavy atom. The zero-order chi connectivity index (χ0) is 47.1. The fourth-order valence-corrected chi connectivity index (χ4v) is 11.4. The van der Waals surface area contributed by atoms with Crippen molar-refractivity contribution in [2.45, 2.75) is 55.4 Å². The summed E-state index contributed by atoms with van der Waals surface area (Å²) in [7, 11) is 0. The van der Waals surface area contributed by atoms with Crippen molar-refractivity contribution in [3.05, 3.63) is 237 Å². The molecule has 0 bridgehead atoms.